The second-order valence-electron chi connectivity index (χ2n) is 5.33. The lowest BCUT2D eigenvalue weighted by Gasteiger charge is -2.28. The molecule has 0 aromatic heterocycles. The smallest absolute Gasteiger partial charge is 0.242 e. The van der Waals surface area contributed by atoms with Crippen LogP contribution in [0, 0.1) is 5.92 Å². The van der Waals surface area contributed by atoms with Gasteiger partial charge >= 0.3 is 0 Å². The highest BCUT2D eigenvalue weighted by Gasteiger charge is 2.26. The third-order valence-corrected chi connectivity index (χ3v) is 5.88. The van der Waals surface area contributed by atoms with Gasteiger partial charge < -0.3 is 10.5 Å². The Morgan fingerprint density at radius 2 is 2.10 bits per heavy atom. The molecular weight excluding hydrogens is 312 g/mol. The highest BCUT2D eigenvalue weighted by Crippen LogP contribution is 2.25. The van der Waals surface area contributed by atoms with E-state index in [-0.39, 0.29) is 28.4 Å². The summed E-state index contributed by atoms with van der Waals surface area (Å²) in [5.41, 5.74) is 6.29. The maximum Gasteiger partial charge on any atom is 0.242 e. The van der Waals surface area contributed by atoms with E-state index in [1.165, 1.54) is 6.07 Å². The van der Waals surface area contributed by atoms with Gasteiger partial charge in [0.05, 0.1) is 5.02 Å². The fourth-order valence-corrected chi connectivity index (χ4v) is 4.36. The van der Waals surface area contributed by atoms with Crippen LogP contribution in [0.4, 0.5) is 0 Å². The first-order valence-electron chi connectivity index (χ1n) is 7.02. The lowest BCUT2D eigenvalue weighted by atomic mass is 9.94. The van der Waals surface area contributed by atoms with Crippen molar-refractivity contribution in [2.45, 2.75) is 37.2 Å². The predicted octanol–water partition coefficient (Wildman–Crippen LogP) is 1.89. The number of rotatable bonds is 5. The van der Waals surface area contributed by atoms with E-state index < -0.39 is 10.0 Å². The Hall–Kier alpha value is -0.660. The van der Waals surface area contributed by atoms with Crippen molar-refractivity contribution in [3.8, 4) is 0 Å². The van der Waals surface area contributed by atoms with Crippen LogP contribution in [-0.2, 0) is 21.3 Å². The molecule has 7 heteroatoms. The van der Waals surface area contributed by atoms with Crippen molar-refractivity contribution in [3.63, 3.8) is 0 Å². The minimum absolute atomic E-state index is 0.0889. The molecule has 2 rings (SSSR count). The molecule has 1 saturated heterocycles. The summed E-state index contributed by atoms with van der Waals surface area (Å²) >= 11 is 6.03. The van der Waals surface area contributed by atoms with E-state index >= 15 is 0 Å². The molecule has 118 valence electrons. The summed E-state index contributed by atoms with van der Waals surface area (Å²) in [6.45, 7) is 3.52. The van der Waals surface area contributed by atoms with Crippen LogP contribution in [0.5, 0.6) is 0 Å². The van der Waals surface area contributed by atoms with Crippen LogP contribution in [0.25, 0.3) is 0 Å². The van der Waals surface area contributed by atoms with Crippen LogP contribution in [0.3, 0.4) is 0 Å². The van der Waals surface area contributed by atoms with Gasteiger partial charge in [-0.2, -0.15) is 0 Å². The molecule has 1 unspecified atom stereocenters. The number of benzene rings is 1. The number of nitrogens with one attached hydrogen (secondary N) is 1. The Bertz CT molecular complexity index is 586. The van der Waals surface area contributed by atoms with Crippen molar-refractivity contribution in [2.24, 2.45) is 11.7 Å². The summed E-state index contributed by atoms with van der Waals surface area (Å²) in [7, 11) is -3.65. The summed E-state index contributed by atoms with van der Waals surface area (Å²) in [6, 6.07) is 4.67. The molecule has 5 nitrogen and oxygen atoms in total. The average Bonchev–Trinajstić information content (AvgIpc) is 2.48. The summed E-state index contributed by atoms with van der Waals surface area (Å²) in [5.74, 6) is 0.282. The molecule has 1 aliphatic heterocycles. The van der Waals surface area contributed by atoms with E-state index in [2.05, 4.69) is 4.72 Å². The first-order valence-corrected chi connectivity index (χ1v) is 8.88. The first-order chi connectivity index (χ1) is 9.94. The van der Waals surface area contributed by atoms with Crippen molar-refractivity contribution < 1.29 is 13.2 Å². The largest absolute Gasteiger partial charge is 0.381 e. The standard InChI is InChI=1S/C14H21ClN2O3S/c1-10(12-4-6-20-7-5-12)17-21(18,19)14-8-11(9-16)2-3-13(14)15/h2-3,8,10,12,17H,4-7,9,16H2,1H3. The first kappa shape index (κ1) is 16.7. The summed E-state index contributed by atoms with van der Waals surface area (Å²) in [6.07, 6.45) is 1.72. The zero-order valence-electron chi connectivity index (χ0n) is 12.0. The third kappa shape index (κ3) is 4.17. The van der Waals surface area contributed by atoms with Gasteiger partial charge in [-0.3, -0.25) is 0 Å². The molecule has 3 N–H and O–H groups in total. The molecule has 1 fully saturated rings. The van der Waals surface area contributed by atoms with Gasteiger partial charge in [0.2, 0.25) is 10.0 Å². The molecule has 21 heavy (non-hydrogen) atoms. The van der Waals surface area contributed by atoms with Gasteiger partial charge in [0.25, 0.3) is 0 Å². The van der Waals surface area contributed by atoms with Gasteiger partial charge in [-0.25, -0.2) is 13.1 Å². The minimum Gasteiger partial charge on any atom is -0.381 e. The van der Waals surface area contributed by atoms with Crippen molar-refractivity contribution in [1.82, 2.24) is 4.72 Å². The lowest BCUT2D eigenvalue weighted by Crippen LogP contribution is -2.40. The SMILES string of the molecule is CC(NS(=O)(=O)c1cc(CN)ccc1Cl)C1CCOCC1. The summed E-state index contributed by atoms with van der Waals surface area (Å²) < 4.78 is 33.0. The molecule has 0 saturated carbocycles. The van der Waals surface area contributed by atoms with Crippen molar-refractivity contribution in [1.29, 1.82) is 0 Å². The minimum atomic E-state index is -3.65. The van der Waals surface area contributed by atoms with E-state index in [1.54, 1.807) is 12.1 Å². The van der Waals surface area contributed by atoms with Crippen LogP contribution in [0.15, 0.2) is 23.1 Å². The van der Waals surface area contributed by atoms with Gasteiger partial charge in [0.15, 0.2) is 0 Å². The van der Waals surface area contributed by atoms with E-state index in [4.69, 9.17) is 22.1 Å². The number of hydrogen-bond acceptors (Lipinski definition) is 4. The Balaban J connectivity index is 2.17. The van der Waals surface area contributed by atoms with Crippen LogP contribution < -0.4 is 10.5 Å². The summed E-state index contributed by atoms with van der Waals surface area (Å²) in [5, 5.41) is 0.207. The molecule has 0 radical (unpaired) electrons. The fraction of sp³-hybridized carbons (Fsp3) is 0.571. The highest BCUT2D eigenvalue weighted by atomic mass is 35.5. The molecule has 1 aromatic rings. The number of hydrogen-bond donors (Lipinski definition) is 2. The second-order valence-corrected chi connectivity index (χ2v) is 7.42. The quantitative estimate of drug-likeness (QED) is 0.862. The normalized spacial score (nSPS) is 18.6. The molecule has 1 aromatic carbocycles. The second kappa shape index (κ2) is 7.07. The molecular formula is C14H21ClN2O3S. The van der Waals surface area contributed by atoms with Crippen LogP contribution in [0.2, 0.25) is 5.02 Å². The molecule has 1 aliphatic rings. The van der Waals surface area contributed by atoms with E-state index in [9.17, 15) is 8.42 Å². The molecule has 0 aliphatic carbocycles. The van der Waals surface area contributed by atoms with Crippen molar-refractivity contribution in [2.75, 3.05) is 13.2 Å². The van der Waals surface area contributed by atoms with Gasteiger partial charge in [-0.1, -0.05) is 17.7 Å². The Morgan fingerprint density at radius 3 is 2.71 bits per heavy atom. The Morgan fingerprint density at radius 1 is 1.43 bits per heavy atom. The Kier molecular flexibility index (Phi) is 5.62. The number of sulfonamides is 1. The number of halogens is 1. The van der Waals surface area contributed by atoms with Crippen molar-refractivity contribution in [3.05, 3.63) is 28.8 Å². The number of nitrogens with two attached hydrogens (primary N) is 1. The zero-order chi connectivity index (χ0) is 15.5. The highest BCUT2D eigenvalue weighted by molar-refractivity contribution is 7.89. The van der Waals surface area contributed by atoms with Gasteiger partial charge in [0.1, 0.15) is 4.90 Å². The topological polar surface area (TPSA) is 81.4 Å². The number of ether oxygens (including phenoxy) is 1. The molecule has 0 bridgehead atoms. The van der Waals surface area contributed by atoms with Gasteiger partial charge in [-0.15, -0.1) is 0 Å². The summed E-state index contributed by atoms with van der Waals surface area (Å²) in [4.78, 5) is 0.0889. The van der Waals surface area contributed by atoms with Crippen LogP contribution in [-0.4, -0.2) is 27.7 Å². The van der Waals surface area contributed by atoms with Crippen LogP contribution in [0.1, 0.15) is 25.3 Å². The zero-order valence-corrected chi connectivity index (χ0v) is 13.6. The van der Waals surface area contributed by atoms with Crippen molar-refractivity contribution >= 4 is 21.6 Å². The van der Waals surface area contributed by atoms with Gasteiger partial charge in [-0.05, 0) is 43.4 Å². The maximum atomic E-state index is 12.5. The van der Waals surface area contributed by atoms with Gasteiger partial charge in [0, 0.05) is 25.8 Å². The molecule has 0 amide bonds. The molecule has 1 atom stereocenters. The van der Waals surface area contributed by atoms with Crippen LogP contribution >= 0.6 is 11.6 Å². The monoisotopic (exact) mass is 332 g/mol. The average molecular weight is 333 g/mol. The maximum absolute atomic E-state index is 12.5. The van der Waals surface area contributed by atoms with E-state index in [0.29, 0.717) is 13.2 Å². The molecule has 0 spiro atoms. The lowest BCUT2D eigenvalue weighted by molar-refractivity contribution is 0.0585. The third-order valence-electron chi connectivity index (χ3n) is 3.83. The van der Waals surface area contributed by atoms with E-state index in [1.807, 2.05) is 6.92 Å². The van der Waals surface area contributed by atoms with E-state index in [0.717, 1.165) is 18.4 Å². The molecule has 1 heterocycles. The fourth-order valence-electron chi connectivity index (χ4n) is 2.50. The Labute approximate surface area is 130 Å². The predicted molar refractivity (Wildman–Crippen MR) is 82.7 cm³/mol.